The van der Waals surface area contributed by atoms with Crippen molar-refractivity contribution in [2.24, 2.45) is 19.2 Å². The van der Waals surface area contributed by atoms with Gasteiger partial charge < -0.3 is 9.67 Å². The van der Waals surface area contributed by atoms with Gasteiger partial charge in [-0.1, -0.05) is 0 Å². The number of phenolic OH excluding ortho intramolecular Hbond substituents is 1. The molecule has 0 spiro atoms. The molecule has 0 atom stereocenters. The van der Waals surface area contributed by atoms with E-state index in [9.17, 15) is 14.7 Å². The van der Waals surface area contributed by atoms with E-state index in [1.54, 1.807) is 35.9 Å². The molecule has 1 aromatic carbocycles. The highest BCUT2D eigenvalue weighted by Crippen LogP contribution is 2.16. The smallest absolute Gasteiger partial charge is 0.332 e. The summed E-state index contributed by atoms with van der Waals surface area (Å²) >= 11 is 0. The Kier molecular flexibility index (Phi) is 4.37. The third-order valence-corrected chi connectivity index (χ3v) is 4.27. The second-order valence-electron chi connectivity index (χ2n) is 5.91. The number of nitrogens with one attached hydrogen (secondary N) is 1. The Labute approximate surface area is 148 Å². The Balaban J connectivity index is 2.08. The molecule has 0 amide bonds. The van der Waals surface area contributed by atoms with Gasteiger partial charge in [0.1, 0.15) is 5.75 Å². The molecular formula is C17H20N6O3. The van der Waals surface area contributed by atoms with Gasteiger partial charge in [0.15, 0.2) is 11.2 Å². The van der Waals surface area contributed by atoms with Crippen molar-refractivity contribution in [3.8, 4) is 5.75 Å². The molecule has 0 aliphatic carbocycles. The van der Waals surface area contributed by atoms with E-state index >= 15 is 0 Å². The predicted molar refractivity (Wildman–Crippen MR) is 99.8 cm³/mol. The summed E-state index contributed by atoms with van der Waals surface area (Å²) in [6.45, 7) is 4.18. The number of phenols is 1. The first-order valence-corrected chi connectivity index (χ1v) is 8.11. The van der Waals surface area contributed by atoms with Crippen LogP contribution in [0.4, 0.5) is 5.95 Å². The van der Waals surface area contributed by atoms with Crippen LogP contribution in [0.1, 0.15) is 19.4 Å². The van der Waals surface area contributed by atoms with Gasteiger partial charge in [-0.05, 0) is 43.7 Å². The van der Waals surface area contributed by atoms with E-state index in [0.29, 0.717) is 29.4 Å². The second kappa shape index (κ2) is 6.51. The summed E-state index contributed by atoms with van der Waals surface area (Å²) in [5, 5.41) is 13.7. The summed E-state index contributed by atoms with van der Waals surface area (Å²) in [7, 11) is 3.02. The average Bonchev–Trinajstić information content (AvgIpc) is 3.02. The first-order valence-electron chi connectivity index (χ1n) is 8.11. The number of nitrogens with zero attached hydrogens (tertiary/aromatic N) is 5. The molecule has 9 nitrogen and oxygen atoms in total. The van der Waals surface area contributed by atoms with Crippen molar-refractivity contribution < 1.29 is 5.11 Å². The maximum absolute atomic E-state index is 12.5. The normalized spacial score (nSPS) is 11.9. The number of hydrogen-bond donors (Lipinski definition) is 2. The number of aromatic nitrogens is 4. The molecule has 0 radical (unpaired) electrons. The molecule has 3 aromatic rings. The van der Waals surface area contributed by atoms with E-state index in [1.807, 2.05) is 13.8 Å². The van der Waals surface area contributed by atoms with Crippen LogP contribution >= 0.6 is 0 Å². The quantitative estimate of drug-likeness (QED) is 0.536. The molecule has 9 heteroatoms. The Bertz CT molecular complexity index is 1120. The molecule has 136 valence electrons. The van der Waals surface area contributed by atoms with E-state index in [2.05, 4.69) is 15.5 Å². The number of hydrazone groups is 1. The highest BCUT2D eigenvalue weighted by molar-refractivity contribution is 5.99. The molecule has 0 saturated carbocycles. The fraction of sp³-hybridized carbons (Fsp3) is 0.294. The van der Waals surface area contributed by atoms with Crippen molar-refractivity contribution >= 4 is 22.8 Å². The molecule has 0 aliphatic heterocycles. The van der Waals surface area contributed by atoms with Crippen molar-refractivity contribution in [3.05, 3.63) is 50.7 Å². The van der Waals surface area contributed by atoms with Crippen LogP contribution in [0, 0.1) is 0 Å². The molecule has 0 aliphatic rings. The van der Waals surface area contributed by atoms with Crippen molar-refractivity contribution in [1.82, 2.24) is 18.7 Å². The van der Waals surface area contributed by atoms with Gasteiger partial charge in [-0.25, -0.2) is 10.2 Å². The van der Waals surface area contributed by atoms with Crippen molar-refractivity contribution in [1.29, 1.82) is 0 Å². The second-order valence-corrected chi connectivity index (χ2v) is 5.91. The number of fused-ring (bicyclic) bond motifs is 1. The Morgan fingerprint density at radius 3 is 2.46 bits per heavy atom. The van der Waals surface area contributed by atoms with Gasteiger partial charge in [0, 0.05) is 20.6 Å². The van der Waals surface area contributed by atoms with Crippen LogP contribution in [-0.4, -0.2) is 29.5 Å². The lowest BCUT2D eigenvalue weighted by Gasteiger charge is -2.07. The topological polar surface area (TPSA) is 106 Å². The number of rotatable bonds is 4. The largest absolute Gasteiger partial charge is 0.508 e. The van der Waals surface area contributed by atoms with Crippen LogP contribution in [-0.2, 0) is 20.6 Å². The van der Waals surface area contributed by atoms with Crippen LogP contribution < -0.4 is 16.7 Å². The van der Waals surface area contributed by atoms with Crippen LogP contribution in [0.3, 0.4) is 0 Å². The van der Waals surface area contributed by atoms with Gasteiger partial charge in [0.05, 0.1) is 5.71 Å². The fourth-order valence-electron chi connectivity index (χ4n) is 2.74. The summed E-state index contributed by atoms with van der Waals surface area (Å²) in [6, 6.07) is 6.65. The van der Waals surface area contributed by atoms with Crippen LogP contribution in [0.15, 0.2) is 39.0 Å². The van der Waals surface area contributed by atoms with E-state index in [1.165, 1.54) is 11.6 Å². The molecular weight excluding hydrogens is 336 g/mol. The highest BCUT2D eigenvalue weighted by atomic mass is 16.3. The monoisotopic (exact) mass is 356 g/mol. The summed E-state index contributed by atoms with van der Waals surface area (Å²) in [6.07, 6.45) is 0. The highest BCUT2D eigenvalue weighted by Gasteiger charge is 2.18. The zero-order chi connectivity index (χ0) is 19.0. The molecule has 0 fully saturated rings. The van der Waals surface area contributed by atoms with Crippen LogP contribution in [0.25, 0.3) is 11.2 Å². The molecule has 3 rings (SSSR count). The minimum atomic E-state index is -0.432. The number of anilines is 1. The van der Waals surface area contributed by atoms with Gasteiger partial charge in [0.2, 0.25) is 5.95 Å². The lowest BCUT2D eigenvalue weighted by Crippen LogP contribution is -2.37. The number of benzene rings is 1. The Morgan fingerprint density at radius 2 is 1.85 bits per heavy atom. The van der Waals surface area contributed by atoms with Crippen molar-refractivity contribution in [2.75, 3.05) is 5.43 Å². The van der Waals surface area contributed by atoms with Gasteiger partial charge in [-0.2, -0.15) is 10.1 Å². The number of aromatic hydroxyl groups is 1. The van der Waals surface area contributed by atoms with E-state index < -0.39 is 11.2 Å². The van der Waals surface area contributed by atoms with Crippen LogP contribution in [0.5, 0.6) is 5.75 Å². The van der Waals surface area contributed by atoms with E-state index in [4.69, 9.17) is 0 Å². The molecule has 0 saturated heterocycles. The molecule has 2 N–H and O–H groups in total. The standard InChI is InChI=1S/C17H20N6O3/c1-5-23-13-14(21(3)17(26)22(4)15(13)25)18-16(23)20-19-10(2)11-6-8-12(24)9-7-11/h6-9,24H,5H2,1-4H3,(H,18,20)/b19-10-. The summed E-state index contributed by atoms with van der Waals surface area (Å²) in [5.41, 5.74) is 4.21. The van der Waals surface area contributed by atoms with E-state index in [-0.39, 0.29) is 5.75 Å². The molecule has 0 bridgehead atoms. The van der Waals surface area contributed by atoms with E-state index in [0.717, 1.165) is 10.1 Å². The third kappa shape index (κ3) is 2.77. The average molecular weight is 356 g/mol. The number of imidazole rings is 1. The molecule has 0 unspecified atom stereocenters. The zero-order valence-electron chi connectivity index (χ0n) is 15.0. The Morgan fingerprint density at radius 1 is 1.19 bits per heavy atom. The summed E-state index contributed by atoms with van der Waals surface area (Å²) in [5.74, 6) is 0.554. The first kappa shape index (κ1) is 17.5. The Hall–Kier alpha value is -3.36. The number of aryl methyl sites for hydroxylation is 2. The lowest BCUT2D eigenvalue weighted by molar-refractivity contribution is 0.475. The summed E-state index contributed by atoms with van der Waals surface area (Å²) in [4.78, 5) is 29.0. The maximum atomic E-state index is 12.5. The van der Waals surface area contributed by atoms with Gasteiger partial charge in [-0.3, -0.25) is 13.9 Å². The summed E-state index contributed by atoms with van der Waals surface area (Å²) < 4.78 is 4.08. The van der Waals surface area contributed by atoms with Gasteiger partial charge in [0.25, 0.3) is 5.56 Å². The van der Waals surface area contributed by atoms with Gasteiger partial charge >= 0.3 is 5.69 Å². The maximum Gasteiger partial charge on any atom is 0.332 e. The molecule has 26 heavy (non-hydrogen) atoms. The minimum absolute atomic E-state index is 0.180. The minimum Gasteiger partial charge on any atom is -0.508 e. The third-order valence-electron chi connectivity index (χ3n) is 4.27. The zero-order valence-corrected chi connectivity index (χ0v) is 15.0. The first-order chi connectivity index (χ1) is 12.3. The number of hydrogen-bond acceptors (Lipinski definition) is 6. The predicted octanol–water partition coefficient (Wildman–Crippen LogP) is 0.995. The molecule has 2 aromatic heterocycles. The fourth-order valence-corrected chi connectivity index (χ4v) is 2.74. The molecule has 2 heterocycles. The van der Waals surface area contributed by atoms with Crippen molar-refractivity contribution in [3.63, 3.8) is 0 Å². The lowest BCUT2D eigenvalue weighted by atomic mass is 10.1. The van der Waals surface area contributed by atoms with Crippen molar-refractivity contribution in [2.45, 2.75) is 20.4 Å². The SMILES string of the molecule is CCn1c(N/N=C(/C)c2ccc(O)cc2)nc2c1c(=O)n(C)c(=O)n2C. The van der Waals surface area contributed by atoms with Crippen LogP contribution in [0.2, 0.25) is 0 Å². The van der Waals surface area contributed by atoms with Gasteiger partial charge in [-0.15, -0.1) is 0 Å².